The molecule has 0 fully saturated rings. The maximum absolute atomic E-state index is 13.3. The largest absolute Gasteiger partial charge is 0.871 e. The summed E-state index contributed by atoms with van der Waals surface area (Å²) in [4.78, 5) is 18.6. The average Bonchev–Trinajstić information content (AvgIpc) is 2.80. The van der Waals surface area contributed by atoms with Gasteiger partial charge < -0.3 is 5.11 Å². The van der Waals surface area contributed by atoms with Crippen LogP contribution in [0.15, 0.2) is 62.6 Å². The minimum Gasteiger partial charge on any atom is -0.871 e. The molecule has 0 N–H and O–H groups in total. The number of carbonyl (C=O) groups is 1. The Labute approximate surface area is 265 Å². The highest BCUT2D eigenvalue weighted by Crippen LogP contribution is 2.43. The number of allylic oxidation sites excluding steroid dienone is 8. The van der Waals surface area contributed by atoms with E-state index in [2.05, 4.69) is 107 Å². The van der Waals surface area contributed by atoms with Crippen LogP contribution in [-0.2, 0) is 17.6 Å². The molecule has 1 aliphatic heterocycles. The second-order valence-corrected chi connectivity index (χ2v) is 19.5. The number of hydrogen-bond acceptors (Lipinski definition) is 3. The van der Waals surface area contributed by atoms with Gasteiger partial charge in [-0.25, -0.2) is 0 Å². The third-order valence-electron chi connectivity index (χ3n) is 7.09. The molecule has 2 aliphatic rings. The summed E-state index contributed by atoms with van der Waals surface area (Å²) in [6.45, 7) is 27.1. The molecule has 1 aromatic heterocycles. The van der Waals surface area contributed by atoms with Crippen molar-refractivity contribution in [3.05, 3.63) is 78.0 Å². The summed E-state index contributed by atoms with van der Waals surface area (Å²) in [6, 6.07) is 4.35. The van der Waals surface area contributed by atoms with Gasteiger partial charge in [0.05, 0.1) is 0 Å². The Bertz CT molecular complexity index is 1340. The molecule has 2 heterocycles. The molecule has 0 bridgehead atoms. The van der Waals surface area contributed by atoms with E-state index in [1.54, 1.807) is 0 Å². The average molecular weight is 607 g/mol. The summed E-state index contributed by atoms with van der Waals surface area (Å²) in [5.74, 6) is -0.274. The molecule has 3 rings (SSSR count). The van der Waals surface area contributed by atoms with Gasteiger partial charge in [0, 0.05) is 36.1 Å². The molecule has 0 amide bonds. The number of carbonyl (C=O) groups excluding carboxylic acids is 1. The fourth-order valence-corrected chi connectivity index (χ4v) is 7.81. The summed E-state index contributed by atoms with van der Waals surface area (Å²) in [7, 11) is 0. The maximum Gasteiger partial charge on any atom is 0.218 e. The third-order valence-corrected chi connectivity index (χ3v) is 9.30. The minimum absolute atomic E-state index is 0.137. The second-order valence-electron chi connectivity index (χ2n) is 17.0. The summed E-state index contributed by atoms with van der Waals surface area (Å²) in [5, 5.41) is 13.3. The molecule has 1 aromatic rings. The predicted molar refractivity (Wildman–Crippen MR) is 184 cm³/mol. The van der Waals surface area contributed by atoms with E-state index in [1.165, 1.54) is 19.6 Å². The molecule has 0 aromatic carbocycles. The van der Waals surface area contributed by atoms with Crippen molar-refractivity contribution >= 4 is 35.0 Å². The van der Waals surface area contributed by atoms with Crippen molar-refractivity contribution in [1.82, 2.24) is 0 Å². The van der Waals surface area contributed by atoms with Crippen molar-refractivity contribution in [1.29, 1.82) is 0 Å². The highest BCUT2D eigenvalue weighted by molar-refractivity contribution is 8.06. The molecule has 0 spiro atoms. The molecule has 0 radical (unpaired) electrons. The first-order valence-corrected chi connectivity index (χ1v) is 17.2. The molecule has 42 heavy (non-hydrogen) atoms. The first kappa shape index (κ1) is 34.6. The Hall–Kier alpha value is -1.91. The Balaban J connectivity index is 1.95. The number of thioether (sulfide) groups is 1. The van der Waals surface area contributed by atoms with E-state index in [9.17, 15) is 9.90 Å². The van der Waals surface area contributed by atoms with Crippen LogP contribution in [0.5, 0.6) is 0 Å². The van der Waals surface area contributed by atoms with E-state index in [1.807, 2.05) is 35.3 Å². The van der Waals surface area contributed by atoms with Crippen molar-refractivity contribution in [2.75, 3.05) is 0 Å². The van der Waals surface area contributed by atoms with E-state index in [4.69, 9.17) is 0 Å². The smallest absolute Gasteiger partial charge is 0.218 e. The summed E-state index contributed by atoms with van der Waals surface area (Å²) in [5.41, 5.74) is 3.37. The van der Waals surface area contributed by atoms with Gasteiger partial charge in [0.15, 0.2) is 5.78 Å². The van der Waals surface area contributed by atoms with Gasteiger partial charge in [0.2, 0.25) is 21.1 Å². The maximum atomic E-state index is 13.3. The van der Waals surface area contributed by atoms with Crippen LogP contribution >= 0.6 is 23.1 Å². The molecular weight excluding hydrogens is 553 g/mol. The lowest BCUT2D eigenvalue weighted by molar-refractivity contribution is -0.300. The quantitative estimate of drug-likeness (QED) is 0.218. The van der Waals surface area contributed by atoms with E-state index >= 15 is 0 Å². The van der Waals surface area contributed by atoms with Gasteiger partial charge in [0.25, 0.3) is 0 Å². The highest BCUT2D eigenvalue weighted by atomic mass is 32.2. The molecule has 0 atom stereocenters. The third kappa shape index (κ3) is 11.3. The standard InChI is InChI=1S/C38H54O2S2/c1-35(2,3)15-13-27-17-25(19-29(41-27)23-37(7,8)9)21-31-33(39)32(34(31)40)22-26-18-28(14-16-36(4,5)6)42-30(20-26)24-38(10,11)12/h17-22H,13-16,23-24H2,1-12H3. The van der Waals surface area contributed by atoms with E-state index < -0.39 is 0 Å². The van der Waals surface area contributed by atoms with Crippen LogP contribution < -0.4 is 5.11 Å². The van der Waals surface area contributed by atoms with Gasteiger partial charge in [-0.2, -0.15) is 0 Å². The first-order valence-electron chi connectivity index (χ1n) is 15.5. The van der Waals surface area contributed by atoms with Crippen molar-refractivity contribution in [2.45, 2.75) is 122 Å². The lowest BCUT2D eigenvalue weighted by Gasteiger charge is -2.30. The monoisotopic (exact) mass is 606 g/mol. The van der Waals surface area contributed by atoms with Gasteiger partial charge in [-0.1, -0.05) is 101 Å². The molecular formula is C38H54O2S2. The van der Waals surface area contributed by atoms with Gasteiger partial charge in [-0.3, -0.25) is 4.79 Å². The fourth-order valence-electron chi connectivity index (χ4n) is 4.94. The minimum atomic E-state index is -0.137. The van der Waals surface area contributed by atoms with E-state index in [0.717, 1.165) is 49.7 Å². The number of hydrogen-bond donors (Lipinski definition) is 0. The van der Waals surface area contributed by atoms with Gasteiger partial charge in [-0.15, -0.1) is 0 Å². The first-order chi connectivity index (χ1) is 19.1. The SMILES string of the molecule is CC(C)(C)CCC1=CC(=CC2=C([O-])C(=Cc3cc(CCC(C)(C)C)[s+]c(CC(C)(C)C)c3)C2=O)C=C(CC(C)(C)C)S1. The van der Waals surface area contributed by atoms with Crippen molar-refractivity contribution < 1.29 is 9.90 Å². The number of rotatable bonds is 8. The second kappa shape index (κ2) is 13.0. The Kier molecular flexibility index (Phi) is 10.7. The Morgan fingerprint density at radius 2 is 1.26 bits per heavy atom. The highest BCUT2D eigenvalue weighted by Gasteiger charge is 2.28. The van der Waals surface area contributed by atoms with Crippen LogP contribution in [0, 0.1) is 21.7 Å². The molecule has 1 aliphatic carbocycles. The van der Waals surface area contributed by atoms with E-state index in [0.29, 0.717) is 11.1 Å². The number of aryl methyl sites for hydroxylation is 1. The van der Waals surface area contributed by atoms with Crippen molar-refractivity contribution in [2.24, 2.45) is 21.7 Å². The van der Waals surface area contributed by atoms with Crippen LogP contribution in [0.1, 0.15) is 124 Å². The fraction of sp³-hybridized carbons (Fsp3) is 0.579. The van der Waals surface area contributed by atoms with Crippen LogP contribution in [0.25, 0.3) is 6.08 Å². The van der Waals surface area contributed by atoms with Crippen LogP contribution in [0.3, 0.4) is 0 Å². The lowest BCUT2D eigenvalue weighted by Crippen LogP contribution is -2.29. The molecule has 0 saturated carbocycles. The van der Waals surface area contributed by atoms with Gasteiger partial charge in [-0.05, 0) is 92.6 Å². The lowest BCUT2D eigenvalue weighted by atomic mass is 9.85. The van der Waals surface area contributed by atoms with Gasteiger partial charge >= 0.3 is 0 Å². The van der Waals surface area contributed by atoms with Crippen LogP contribution in [0.2, 0.25) is 0 Å². The Morgan fingerprint density at radius 3 is 1.81 bits per heavy atom. The molecule has 230 valence electrons. The van der Waals surface area contributed by atoms with Crippen molar-refractivity contribution in [3.63, 3.8) is 0 Å². The van der Waals surface area contributed by atoms with Gasteiger partial charge in [0.1, 0.15) is 0 Å². The molecule has 0 saturated heterocycles. The summed E-state index contributed by atoms with van der Waals surface area (Å²) in [6.07, 6.45) is 14.1. The zero-order valence-electron chi connectivity index (χ0n) is 28.3. The molecule has 2 nitrogen and oxygen atoms in total. The summed E-state index contributed by atoms with van der Waals surface area (Å²) < 4.78 is 0. The van der Waals surface area contributed by atoms with E-state index in [-0.39, 0.29) is 33.2 Å². The zero-order chi connectivity index (χ0) is 31.7. The number of Topliss-reactive ketones (excluding diaryl/α,β-unsaturated/α-hetero) is 1. The normalized spacial score (nSPS) is 18.9. The Morgan fingerprint density at radius 1 is 0.714 bits per heavy atom. The van der Waals surface area contributed by atoms with Crippen LogP contribution in [0.4, 0.5) is 0 Å². The predicted octanol–water partition coefficient (Wildman–Crippen LogP) is 10.9. The molecule has 4 heteroatoms. The molecule has 0 unspecified atom stereocenters. The zero-order valence-corrected chi connectivity index (χ0v) is 30.0. The van der Waals surface area contributed by atoms with Crippen molar-refractivity contribution in [3.8, 4) is 0 Å². The topological polar surface area (TPSA) is 40.1 Å². The number of ketones is 1. The summed E-state index contributed by atoms with van der Waals surface area (Å²) >= 11 is 3.73. The van der Waals surface area contributed by atoms with Crippen LogP contribution in [-0.4, -0.2) is 5.78 Å².